The first-order valence-corrected chi connectivity index (χ1v) is 5.96. The van der Waals surface area contributed by atoms with Gasteiger partial charge >= 0.3 is 6.03 Å². The minimum atomic E-state index is -0.399. The molecule has 1 N–H and O–H groups in total. The minimum Gasteiger partial charge on any atom is -0.336 e. The normalized spacial score (nSPS) is 17.1. The number of aryl methyl sites for hydroxylation is 1. The Morgan fingerprint density at radius 3 is 2.88 bits per heavy atom. The molecule has 17 heavy (non-hydrogen) atoms. The summed E-state index contributed by atoms with van der Waals surface area (Å²) >= 11 is 1.23. The Kier molecular flexibility index (Phi) is 3.27. The Morgan fingerprint density at radius 2 is 2.35 bits per heavy atom. The number of carbonyl (C=O) groups is 2. The summed E-state index contributed by atoms with van der Waals surface area (Å²) in [6, 6.07) is -0.335. The van der Waals surface area contributed by atoms with Crippen molar-refractivity contribution in [2.45, 2.75) is 17.3 Å². The molecule has 1 aromatic heterocycles. The van der Waals surface area contributed by atoms with Crippen molar-refractivity contribution in [3.63, 3.8) is 0 Å². The first kappa shape index (κ1) is 11.8. The van der Waals surface area contributed by atoms with E-state index in [1.165, 1.54) is 21.3 Å². The second-order valence-corrected chi connectivity index (χ2v) is 4.87. The van der Waals surface area contributed by atoms with E-state index < -0.39 is 5.25 Å². The van der Waals surface area contributed by atoms with Crippen LogP contribution in [0.4, 0.5) is 4.79 Å². The van der Waals surface area contributed by atoms with Gasteiger partial charge < -0.3 is 5.32 Å². The van der Waals surface area contributed by atoms with Crippen molar-refractivity contribution in [3.05, 3.63) is 0 Å². The molecule has 0 saturated carbocycles. The number of rotatable bonds is 3. The monoisotopic (exact) mass is 256 g/mol. The molecule has 3 amide bonds. The van der Waals surface area contributed by atoms with E-state index >= 15 is 0 Å². The topological polar surface area (TPSA) is 93.0 Å². The standard InChI is InChI=1S/C8H12N6O2S/c1-5(17-8-10-11-12-13(8)2)6(15)14-4-3-9-7(14)16/h5H,3-4H2,1-2H3,(H,9,16)/t5-/m0/s1. The van der Waals surface area contributed by atoms with Crippen molar-refractivity contribution in [2.75, 3.05) is 13.1 Å². The summed E-state index contributed by atoms with van der Waals surface area (Å²) < 4.78 is 1.48. The number of urea groups is 1. The second kappa shape index (κ2) is 4.70. The summed E-state index contributed by atoms with van der Waals surface area (Å²) in [5.74, 6) is -0.229. The summed E-state index contributed by atoms with van der Waals surface area (Å²) in [6.07, 6.45) is 0. The van der Waals surface area contributed by atoms with Gasteiger partial charge in [0, 0.05) is 20.1 Å². The third-order valence-electron chi connectivity index (χ3n) is 2.33. The molecule has 1 aliphatic heterocycles. The summed E-state index contributed by atoms with van der Waals surface area (Å²) in [4.78, 5) is 24.5. The SMILES string of the molecule is C[C@H](Sc1nnnn1C)C(=O)N1CCNC1=O. The molecule has 0 aliphatic carbocycles. The van der Waals surface area contributed by atoms with Crippen molar-refractivity contribution in [1.82, 2.24) is 30.4 Å². The number of aromatic nitrogens is 4. The van der Waals surface area contributed by atoms with Crippen LogP contribution in [0.15, 0.2) is 5.16 Å². The van der Waals surface area contributed by atoms with E-state index in [0.717, 1.165) is 0 Å². The predicted molar refractivity (Wildman–Crippen MR) is 59.2 cm³/mol. The lowest BCUT2D eigenvalue weighted by Crippen LogP contribution is -2.39. The van der Waals surface area contributed by atoms with Gasteiger partial charge in [-0.05, 0) is 17.4 Å². The third kappa shape index (κ3) is 2.38. The number of tetrazole rings is 1. The first-order valence-electron chi connectivity index (χ1n) is 5.08. The van der Waals surface area contributed by atoms with Crippen LogP contribution in [0, 0.1) is 0 Å². The van der Waals surface area contributed by atoms with Crippen molar-refractivity contribution in [3.8, 4) is 0 Å². The van der Waals surface area contributed by atoms with Gasteiger partial charge in [-0.3, -0.25) is 9.69 Å². The maximum atomic E-state index is 12.0. The van der Waals surface area contributed by atoms with E-state index in [9.17, 15) is 9.59 Å². The zero-order chi connectivity index (χ0) is 12.4. The van der Waals surface area contributed by atoms with Gasteiger partial charge in [-0.15, -0.1) is 5.10 Å². The maximum absolute atomic E-state index is 12.0. The largest absolute Gasteiger partial charge is 0.336 e. The number of hydrogen-bond acceptors (Lipinski definition) is 6. The van der Waals surface area contributed by atoms with Gasteiger partial charge in [0.1, 0.15) is 0 Å². The number of nitrogens with one attached hydrogen (secondary N) is 1. The van der Waals surface area contributed by atoms with Crippen LogP contribution >= 0.6 is 11.8 Å². The Hall–Kier alpha value is -1.64. The number of carbonyl (C=O) groups excluding carboxylic acids is 2. The van der Waals surface area contributed by atoms with Gasteiger partial charge in [0.2, 0.25) is 11.1 Å². The quantitative estimate of drug-likeness (QED) is 0.715. The molecular formula is C8H12N6O2S. The van der Waals surface area contributed by atoms with Crippen molar-refractivity contribution in [1.29, 1.82) is 0 Å². The van der Waals surface area contributed by atoms with Gasteiger partial charge in [0.15, 0.2) is 0 Å². The second-order valence-electron chi connectivity index (χ2n) is 3.57. The van der Waals surface area contributed by atoms with Crippen molar-refractivity contribution >= 4 is 23.7 Å². The molecular weight excluding hydrogens is 244 g/mol. The zero-order valence-corrected chi connectivity index (χ0v) is 10.3. The molecule has 2 heterocycles. The summed E-state index contributed by atoms with van der Waals surface area (Å²) in [7, 11) is 1.70. The van der Waals surface area contributed by atoms with E-state index in [1.807, 2.05) is 0 Å². The van der Waals surface area contributed by atoms with Gasteiger partial charge in [-0.25, -0.2) is 9.48 Å². The summed E-state index contributed by atoms with van der Waals surface area (Å²) in [6.45, 7) is 2.65. The van der Waals surface area contributed by atoms with Gasteiger partial charge in [0.05, 0.1) is 5.25 Å². The number of nitrogens with zero attached hydrogens (tertiary/aromatic N) is 5. The fourth-order valence-electron chi connectivity index (χ4n) is 1.43. The molecule has 0 radical (unpaired) electrons. The Labute approximate surface area is 102 Å². The Morgan fingerprint density at radius 1 is 1.59 bits per heavy atom. The van der Waals surface area contributed by atoms with Crippen LogP contribution < -0.4 is 5.32 Å². The van der Waals surface area contributed by atoms with Crippen LogP contribution in [-0.4, -0.2) is 55.4 Å². The van der Waals surface area contributed by atoms with Crippen LogP contribution in [0.1, 0.15) is 6.92 Å². The van der Waals surface area contributed by atoms with Crippen molar-refractivity contribution < 1.29 is 9.59 Å². The van der Waals surface area contributed by atoms with E-state index in [2.05, 4.69) is 20.8 Å². The van der Waals surface area contributed by atoms with Crippen LogP contribution in [0.3, 0.4) is 0 Å². The molecule has 0 unspecified atom stereocenters. The number of thioether (sulfide) groups is 1. The molecule has 0 spiro atoms. The average Bonchev–Trinajstić information content (AvgIpc) is 2.88. The number of hydrogen-bond donors (Lipinski definition) is 1. The maximum Gasteiger partial charge on any atom is 0.324 e. The van der Waals surface area contributed by atoms with Crippen molar-refractivity contribution in [2.24, 2.45) is 7.05 Å². The third-order valence-corrected chi connectivity index (χ3v) is 3.45. The highest BCUT2D eigenvalue weighted by molar-refractivity contribution is 8.00. The van der Waals surface area contributed by atoms with E-state index in [1.54, 1.807) is 14.0 Å². The van der Waals surface area contributed by atoms with E-state index in [-0.39, 0.29) is 11.9 Å². The fourth-order valence-corrected chi connectivity index (χ4v) is 2.25. The van der Waals surface area contributed by atoms with E-state index in [4.69, 9.17) is 0 Å². The number of imide groups is 1. The van der Waals surface area contributed by atoms with E-state index in [0.29, 0.717) is 18.2 Å². The van der Waals surface area contributed by atoms with Crippen LogP contribution in [0.25, 0.3) is 0 Å². The smallest absolute Gasteiger partial charge is 0.324 e. The molecule has 9 heteroatoms. The summed E-state index contributed by atoms with van der Waals surface area (Å²) in [5, 5.41) is 13.7. The predicted octanol–water partition coefficient (Wildman–Crippen LogP) is -0.757. The minimum absolute atomic E-state index is 0.229. The molecule has 1 aromatic rings. The Balaban J connectivity index is 2.00. The molecule has 2 rings (SSSR count). The highest BCUT2D eigenvalue weighted by Gasteiger charge is 2.30. The molecule has 1 atom stereocenters. The number of amides is 3. The summed E-state index contributed by atoms with van der Waals surface area (Å²) in [5.41, 5.74) is 0. The van der Waals surface area contributed by atoms with Gasteiger partial charge in [-0.2, -0.15) is 0 Å². The van der Waals surface area contributed by atoms with Gasteiger partial charge in [0.25, 0.3) is 0 Å². The molecule has 0 aromatic carbocycles. The highest BCUT2D eigenvalue weighted by atomic mass is 32.2. The van der Waals surface area contributed by atoms with Crippen LogP contribution in [0.5, 0.6) is 0 Å². The zero-order valence-electron chi connectivity index (χ0n) is 9.45. The lowest BCUT2D eigenvalue weighted by Gasteiger charge is -2.16. The molecule has 1 saturated heterocycles. The highest BCUT2D eigenvalue weighted by Crippen LogP contribution is 2.21. The lowest BCUT2D eigenvalue weighted by atomic mass is 10.4. The lowest BCUT2D eigenvalue weighted by molar-refractivity contribution is -0.126. The van der Waals surface area contributed by atoms with Gasteiger partial charge in [-0.1, -0.05) is 11.8 Å². The Bertz CT molecular complexity index is 447. The average molecular weight is 256 g/mol. The molecule has 1 fully saturated rings. The van der Waals surface area contributed by atoms with Crippen LogP contribution in [0.2, 0.25) is 0 Å². The molecule has 0 bridgehead atoms. The molecule has 8 nitrogen and oxygen atoms in total. The van der Waals surface area contributed by atoms with Crippen LogP contribution in [-0.2, 0) is 11.8 Å². The fraction of sp³-hybridized carbons (Fsp3) is 0.625. The first-order chi connectivity index (χ1) is 8.09. The molecule has 1 aliphatic rings. The molecule has 92 valence electrons.